The normalized spacial score (nSPS) is 10.9. The Hall–Kier alpha value is -4.52. The second-order valence-electron chi connectivity index (χ2n) is 7.95. The first-order valence-corrected chi connectivity index (χ1v) is 11.0. The molecule has 0 aliphatic heterocycles. The number of rotatable bonds is 7. The largest absolute Gasteiger partial charge is 0.416 e. The van der Waals surface area contributed by atoms with Gasteiger partial charge in [0.25, 0.3) is 5.91 Å². The maximum absolute atomic E-state index is 12.5. The number of nitrogens with one attached hydrogen (secondary N) is 1. The van der Waals surface area contributed by atoms with Crippen molar-refractivity contribution < 1.29 is 9.21 Å². The molecule has 34 heavy (non-hydrogen) atoms. The van der Waals surface area contributed by atoms with Crippen LogP contribution in [0.15, 0.2) is 95.5 Å². The Kier molecular flexibility index (Phi) is 5.99. The maximum atomic E-state index is 12.5. The molecular weight excluding hydrogens is 426 g/mol. The first-order chi connectivity index (χ1) is 16.7. The van der Waals surface area contributed by atoms with E-state index in [0.717, 1.165) is 28.1 Å². The van der Waals surface area contributed by atoms with Crippen molar-refractivity contribution in [3.05, 3.63) is 108 Å². The van der Waals surface area contributed by atoms with Gasteiger partial charge < -0.3 is 9.73 Å². The number of aromatic nitrogens is 4. The summed E-state index contributed by atoms with van der Waals surface area (Å²) in [5.74, 6) is 0.743. The van der Waals surface area contributed by atoms with Gasteiger partial charge in [0.15, 0.2) is 0 Å². The first-order valence-electron chi connectivity index (χ1n) is 11.0. The average Bonchev–Trinajstić information content (AvgIpc) is 3.55. The van der Waals surface area contributed by atoms with E-state index in [2.05, 4.69) is 20.6 Å². The molecule has 1 amide bonds. The van der Waals surface area contributed by atoms with E-state index < -0.39 is 0 Å². The molecule has 0 unspecified atom stereocenters. The van der Waals surface area contributed by atoms with Gasteiger partial charge in [0.1, 0.15) is 0 Å². The summed E-state index contributed by atoms with van der Waals surface area (Å²) in [5.41, 5.74) is 5.25. The topological polar surface area (TPSA) is 85.8 Å². The number of para-hydroxylation sites is 1. The van der Waals surface area contributed by atoms with E-state index in [0.29, 0.717) is 30.3 Å². The Morgan fingerprint density at radius 2 is 1.65 bits per heavy atom. The minimum atomic E-state index is -0.139. The fourth-order valence-corrected chi connectivity index (χ4v) is 3.62. The Balaban J connectivity index is 1.17. The first kappa shape index (κ1) is 21.3. The highest BCUT2D eigenvalue weighted by molar-refractivity contribution is 5.94. The number of nitrogens with zero attached hydrogens (tertiary/aromatic N) is 4. The molecule has 0 saturated carbocycles. The third-order valence-electron chi connectivity index (χ3n) is 5.42. The van der Waals surface area contributed by atoms with Crippen LogP contribution in [0.3, 0.4) is 0 Å². The van der Waals surface area contributed by atoms with Gasteiger partial charge in [-0.2, -0.15) is 5.10 Å². The molecule has 0 saturated heterocycles. The lowest BCUT2D eigenvalue weighted by Gasteiger charge is -2.05. The van der Waals surface area contributed by atoms with Gasteiger partial charge in [-0.15, -0.1) is 10.2 Å². The Morgan fingerprint density at radius 3 is 2.41 bits per heavy atom. The van der Waals surface area contributed by atoms with Gasteiger partial charge in [0.2, 0.25) is 11.8 Å². The highest BCUT2D eigenvalue weighted by Gasteiger charge is 2.12. The molecule has 0 fully saturated rings. The highest BCUT2D eigenvalue weighted by atomic mass is 16.4. The number of hydrogen-bond donors (Lipinski definition) is 1. The van der Waals surface area contributed by atoms with Crippen molar-refractivity contribution in [2.24, 2.45) is 0 Å². The summed E-state index contributed by atoms with van der Waals surface area (Å²) < 4.78 is 7.66. The number of amides is 1. The number of benzene rings is 3. The minimum Gasteiger partial charge on any atom is -0.416 e. The molecule has 0 radical (unpaired) electrons. The summed E-state index contributed by atoms with van der Waals surface area (Å²) in [6.07, 6.45) is 2.57. The fourth-order valence-electron chi connectivity index (χ4n) is 3.62. The van der Waals surface area contributed by atoms with E-state index in [1.165, 1.54) is 0 Å². The molecule has 0 aliphatic carbocycles. The van der Waals surface area contributed by atoms with Crippen molar-refractivity contribution in [3.63, 3.8) is 0 Å². The molecule has 1 N–H and O–H groups in total. The van der Waals surface area contributed by atoms with Crippen molar-refractivity contribution in [1.82, 2.24) is 25.3 Å². The molecule has 2 heterocycles. The van der Waals surface area contributed by atoms with Crippen molar-refractivity contribution >= 4 is 5.91 Å². The maximum Gasteiger partial charge on any atom is 0.251 e. The van der Waals surface area contributed by atoms with Crippen LogP contribution in [-0.4, -0.2) is 32.4 Å². The van der Waals surface area contributed by atoms with E-state index in [4.69, 9.17) is 4.42 Å². The van der Waals surface area contributed by atoms with Gasteiger partial charge in [-0.1, -0.05) is 35.9 Å². The summed E-state index contributed by atoms with van der Waals surface area (Å²) in [5, 5.41) is 15.8. The molecule has 0 bridgehead atoms. The zero-order valence-electron chi connectivity index (χ0n) is 18.7. The number of carbonyl (C=O) groups is 1. The van der Waals surface area contributed by atoms with Gasteiger partial charge in [-0.05, 0) is 61.5 Å². The van der Waals surface area contributed by atoms with Crippen LogP contribution in [-0.2, 0) is 6.42 Å². The van der Waals surface area contributed by atoms with E-state index in [-0.39, 0.29) is 5.91 Å². The van der Waals surface area contributed by atoms with E-state index in [1.54, 1.807) is 12.1 Å². The summed E-state index contributed by atoms with van der Waals surface area (Å²) in [6.45, 7) is 2.51. The summed E-state index contributed by atoms with van der Waals surface area (Å²) in [4.78, 5) is 12.5. The van der Waals surface area contributed by atoms with Crippen LogP contribution in [0.2, 0.25) is 0 Å². The SMILES string of the molecule is Cc1cccc(-c2nnc(-c3ccc(C(=O)NCCc4ccn(-c5ccccc5)n4)cc3)o2)c1. The van der Waals surface area contributed by atoms with E-state index >= 15 is 0 Å². The number of aryl methyl sites for hydroxylation is 1. The number of carbonyl (C=O) groups excluding carboxylic acids is 1. The molecule has 0 atom stereocenters. The molecule has 3 aromatic carbocycles. The zero-order chi connectivity index (χ0) is 23.3. The van der Waals surface area contributed by atoms with E-state index in [1.807, 2.05) is 90.6 Å². The predicted molar refractivity (Wildman–Crippen MR) is 130 cm³/mol. The van der Waals surface area contributed by atoms with Crippen LogP contribution in [0.25, 0.3) is 28.6 Å². The van der Waals surface area contributed by atoms with Crippen LogP contribution < -0.4 is 5.32 Å². The van der Waals surface area contributed by atoms with Gasteiger partial charge in [0, 0.05) is 35.9 Å². The summed E-state index contributed by atoms with van der Waals surface area (Å²) >= 11 is 0. The molecule has 5 rings (SSSR count). The third-order valence-corrected chi connectivity index (χ3v) is 5.42. The average molecular weight is 450 g/mol. The van der Waals surface area contributed by atoms with Crippen molar-refractivity contribution in [2.45, 2.75) is 13.3 Å². The van der Waals surface area contributed by atoms with Crippen molar-refractivity contribution in [1.29, 1.82) is 0 Å². The lowest BCUT2D eigenvalue weighted by Crippen LogP contribution is -2.25. The van der Waals surface area contributed by atoms with Crippen molar-refractivity contribution in [2.75, 3.05) is 6.54 Å². The van der Waals surface area contributed by atoms with Crippen LogP contribution in [0.5, 0.6) is 0 Å². The Bertz CT molecular complexity index is 1400. The molecule has 5 aromatic rings. The molecule has 0 aliphatic rings. The second kappa shape index (κ2) is 9.54. The lowest BCUT2D eigenvalue weighted by molar-refractivity contribution is 0.0954. The molecule has 2 aromatic heterocycles. The van der Waals surface area contributed by atoms with Gasteiger partial charge in [-0.3, -0.25) is 4.79 Å². The second-order valence-corrected chi connectivity index (χ2v) is 7.95. The van der Waals surface area contributed by atoms with Crippen LogP contribution in [0.1, 0.15) is 21.6 Å². The minimum absolute atomic E-state index is 0.139. The van der Waals surface area contributed by atoms with Gasteiger partial charge >= 0.3 is 0 Å². The monoisotopic (exact) mass is 449 g/mol. The molecule has 7 heteroatoms. The van der Waals surface area contributed by atoms with Crippen LogP contribution in [0.4, 0.5) is 0 Å². The lowest BCUT2D eigenvalue weighted by atomic mass is 10.1. The van der Waals surface area contributed by atoms with Crippen molar-refractivity contribution in [3.8, 4) is 28.6 Å². The van der Waals surface area contributed by atoms with Gasteiger partial charge in [-0.25, -0.2) is 4.68 Å². The standard InChI is InChI=1S/C27H23N5O2/c1-19-6-5-7-22(18-19)27-30-29-26(34-27)21-12-10-20(11-13-21)25(33)28-16-14-23-15-17-32(31-23)24-8-3-2-4-9-24/h2-13,15,17-18H,14,16H2,1H3,(H,28,33). The zero-order valence-corrected chi connectivity index (χ0v) is 18.7. The quantitative estimate of drug-likeness (QED) is 0.383. The third kappa shape index (κ3) is 4.78. The molecular formula is C27H23N5O2. The fraction of sp³-hybridized carbons (Fsp3) is 0.111. The number of hydrogen-bond acceptors (Lipinski definition) is 5. The highest BCUT2D eigenvalue weighted by Crippen LogP contribution is 2.24. The molecule has 0 spiro atoms. The summed E-state index contributed by atoms with van der Waals surface area (Å²) in [6, 6.07) is 26.9. The Morgan fingerprint density at radius 1 is 0.882 bits per heavy atom. The smallest absolute Gasteiger partial charge is 0.251 e. The van der Waals surface area contributed by atoms with Gasteiger partial charge in [0.05, 0.1) is 11.4 Å². The van der Waals surface area contributed by atoms with Crippen LogP contribution in [0, 0.1) is 6.92 Å². The Labute approximate surface area is 197 Å². The molecule has 168 valence electrons. The van der Waals surface area contributed by atoms with Crippen LogP contribution >= 0.6 is 0 Å². The van der Waals surface area contributed by atoms with E-state index in [9.17, 15) is 4.79 Å². The summed E-state index contributed by atoms with van der Waals surface area (Å²) in [7, 11) is 0. The predicted octanol–water partition coefficient (Wildman–Crippen LogP) is 4.87. The molecule has 7 nitrogen and oxygen atoms in total.